The van der Waals surface area contributed by atoms with Crippen LogP contribution in [0.25, 0.3) is 0 Å². The molecule has 1 aromatic heterocycles. The first-order chi connectivity index (χ1) is 13.5. The quantitative estimate of drug-likeness (QED) is 0.663. The zero-order valence-electron chi connectivity index (χ0n) is 16.1. The first kappa shape index (κ1) is 21.1. The standard InChI is InChI=1S/C19H26N2O5S2/c1-24-18-4-3-15(11-19(18)25-2)14-28(22,23)20-12-17(16-5-10-27-13-16)21-6-8-26-9-7-21/h3-5,10-11,13,17,20H,6-9,12,14H2,1-2H3. The zero-order valence-corrected chi connectivity index (χ0v) is 17.7. The van der Waals surface area contributed by atoms with Crippen LogP contribution >= 0.6 is 11.3 Å². The molecule has 2 heterocycles. The Kier molecular flexibility index (Phi) is 7.30. The summed E-state index contributed by atoms with van der Waals surface area (Å²) < 4.78 is 44.1. The van der Waals surface area contributed by atoms with Crippen molar-refractivity contribution >= 4 is 21.4 Å². The van der Waals surface area contributed by atoms with E-state index >= 15 is 0 Å². The maximum atomic E-state index is 12.7. The molecule has 1 saturated heterocycles. The Morgan fingerprint density at radius 1 is 1.18 bits per heavy atom. The van der Waals surface area contributed by atoms with E-state index in [1.165, 1.54) is 7.11 Å². The maximum absolute atomic E-state index is 12.7. The number of nitrogens with zero attached hydrogens (tertiary/aromatic N) is 1. The highest BCUT2D eigenvalue weighted by Gasteiger charge is 2.25. The zero-order chi connectivity index (χ0) is 20.0. The fourth-order valence-electron chi connectivity index (χ4n) is 3.26. The average molecular weight is 427 g/mol. The van der Waals surface area contributed by atoms with Gasteiger partial charge in [0.25, 0.3) is 0 Å². The molecule has 1 N–H and O–H groups in total. The molecule has 1 fully saturated rings. The van der Waals surface area contributed by atoms with Crippen LogP contribution in [0, 0.1) is 0 Å². The van der Waals surface area contributed by atoms with Crippen LogP contribution < -0.4 is 14.2 Å². The number of sulfonamides is 1. The predicted molar refractivity (Wildman–Crippen MR) is 110 cm³/mol. The van der Waals surface area contributed by atoms with Gasteiger partial charge in [0.2, 0.25) is 10.0 Å². The largest absolute Gasteiger partial charge is 0.493 e. The molecule has 0 bridgehead atoms. The van der Waals surface area contributed by atoms with E-state index in [-0.39, 0.29) is 11.8 Å². The van der Waals surface area contributed by atoms with Crippen LogP contribution in [0.1, 0.15) is 17.2 Å². The third-order valence-corrected chi connectivity index (χ3v) is 6.74. The minimum absolute atomic E-state index is 0.00433. The van der Waals surface area contributed by atoms with Gasteiger partial charge in [0.05, 0.1) is 33.2 Å². The molecular weight excluding hydrogens is 400 g/mol. The van der Waals surface area contributed by atoms with Gasteiger partial charge in [0, 0.05) is 25.7 Å². The van der Waals surface area contributed by atoms with Crippen molar-refractivity contribution in [3.8, 4) is 11.5 Å². The molecule has 0 amide bonds. The van der Waals surface area contributed by atoms with Gasteiger partial charge < -0.3 is 14.2 Å². The van der Waals surface area contributed by atoms with Crippen molar-refractivity contribution in [3.05, 3.63) is 46.2 Å². The van der Waals surface area contributed by atoms with Crippen molar-refractivity contribution in [2.24, 2.45) is 0 Å². The van der Waals surface area contributed by atoms with E-state index < -0.39 is 10.0 Å². The Morgan fingerprint density at radius 2 is 1.93 bits per heavy atom. The molecule has 3 rings (SSSR count). The Hall–Kier alpha value is -1.65. The summed E-state index contributed by atoms with van der Waals surface area (Å²) in [4.78, 5) is 2.27. The summed E-state index contributed by atoms with van der Waals surface area (Å²) in [5, 5.41) is 4.09. The van der Waals surface area contributed by atoms with Crippen LogP contribution in [0.15, 0.2) is 35.0 Å². The molecule has 2 aromatic rings. The smallest absolute Gasteiger partial charge is 0.215 e. The van der Waals surface area contributed by atoms with Crippen LogP contribution in [0.3, 0.4) is 0 Å². The van der Waals surface area contributed by atoms with Gasteiger partial charge in [-0.2, -0.15) is 11.3 Å². The van der Waals surface area contributed by atoms with Gasteiger partial charge in [-0.1, -0.05) is 6.07 Å². The molecule has 154 valence electrons. The summed E-state index contributed by atoms with van der Waals surface area (Å²) in [7, 11) is -0.427. The van der Waals surface area contributed by atoms with Gasteiger partial charge in [0.15, 0.2) is 11.5 Å². The molecule has 1 atom stereocenters. The van der Waals surface area contributed by atoms with Crippen molar-refractivity contribution in [2.45, 2.75) is 11.8 Å². The molecule has 1 unspecified atom stereocenters. The molecule has 0 spiro atoms. The Bertz CT molecular complexity index is 849. The summed E-state index contributed by atoms with van der Waals surface area (Å²) in [6.45, 7) is 3.24. The molecular formula is C19H26N2O5S2. The van der Waals surface area contributed by atoms with Crippen molar-refractivity contribution in [1.82, 2.24) is 9.62 Å². The van der Waals surface area contributed by atoms with Crippen LogP contribution in [0.2, 0.25) is 0 Å². The highest BCUT2D eigenvalue weighted by Crippen LogP contribution is 2.28. The number of nitrogens with one attached hydrogen (secondary N) is 1. The first-order valence-corrected chi connectivity index (χ1v) is 11.6. The molecule has 1 aliphatic rings. The highest BCUT2D eigenvalue weighted by atomic mass is 32.2. The van der Waals surface area contributed by atoms with Crippen molar-refractivity contribution in [2.75, 3.05) is 47.1 Å². The second kappa shape index (κ2) is 9.71. The number of ether oxygens (including phenoxy) is 3. The average Bonchev–Trinajstić information content (AvgIpc) is 3.23. The van der Waals surface area contributed by atoms with Crippen LogP contribution in [0.5, 0.6) is 11.5 Å². The lowest BCUT2D eigenvalue weighted by Crippen LogP contribution is -2.43. The van der Waals surface area contributed by atoms with Gasteiger partial charge >= 0.3 is 0 Å². The van der Waals surface area contributed by atoms with E-state index in [2.05, 4.69) is 15.0 Å². The second-order valence-corrected chi connectivity index (χ2v) is 9.10. The Balaban J connectivity index is 1.68. The number of hydrogen-bond donors (Lipinski definition) is 1. The fourth-order valence-corrected chi connectivity index (χ4v) is 5.10. The van der Waals surface area contributed by atoms with Gasteiger partial charge in [-0.3, -0.25) is 4.90 Å². The van der Waals surface area contributed by atoms with E-state index in [9.17, 15) is 8.42 Å². The molecule has 0 radical (unpaired) electrons. The Labute approximate surface area is 170 Å². The lowest BCUT2D eigenvalue weighted by atomic mass is 10.1. The molecule has 9 heteroatoms. The van der Waals surface area contributed by atoms with Crippen LogP contribution in [-0.4, -0.2) is 60.4 Å². The molecule has 1 aliphatic heterocycles. The molecule has 28 heavy (non-hydrogen) atoms. The highest BCUT2D eigenvalue weighted by molar-refractivity contribution is 7.88. The summed E-state index contributed by atoms with van der Waals surface area (Å²) in [5.41, 5.74) is 1.77. The van der Waals surface area contributed by atoms with E-state index in [1.807, 2.05) is 11.4 Å². The van der Waals surface area contributed by atoms with Gasteiger partial charge in [-0.15, -0.1) is 0 Å². The molecule has 7 nitrogen and oxygen atoms in total. The lowest BCUT2D eigenvalue weighted by Gasteiger charge is -2.34. The SMILES string of the molecule is COc1ccc(CS(=O)(=O)NCC(c2ccsc2)N2CCOCC2)cc1OC. The van der Waals surface area contributed by atoms with Crippen molar-refractivity contribution in [3.63, 3.8) is 0 Å². The van der Waals surface area contributed by atoms with Gasteiger partial charge in [0.1, 0.15) is 0 Å². The number of hydrogen-bond acceptors (Lipinski definition) is 7. The number of thiophene rings is 1. The van der Waals surface area contributed by atoms with Crippen molar-refractivity contribution < 1.29 is 22.6 Å². The normalized spacial score (nSPS) is 16.6. The maximum Gasteiger partial charge on any atom is 0.215 e. The summed E-state index contributed by atoms with van der Waals surface area (Å²) >= 11 is 1.61. The van der Waals surface area contributed by atoms with E-state index in [0.717, 1.165) is 18.7 Å². The van der Waals surface area contributed by atoms with E-state index in [1.54, 1.807) is 36.6 Å². The van der Waals surface area contributed by atoms with Crippen LogP contribution in [0.4, 0.5) is 0 Å². The minimum atomic E-state index is -3.50. The number of rotatable bonds is 9. The second-order valence-electron chi connectivity index (χ2n) is 6.52. The third kappa shape index (κ3) is 5.45. The van der Waals surface area contributed by atoms with Gasteiger partial charge in [-0.05, 0) is 40.1 Å². The fraction of sp³-hybridized carbons (Fsp3) is 0.474. The third-order valence-electron chi connectivity index (χ3n) is 4.72. The summed E-state index contributed by atoms with van der Waals surface area (Å²) in [5.74, 6) is 0.966. The lowest BCUT2D eigenvalue weighted by molar-refractivity contribution is 0.0173. The molecule has 0 saturated carbocycles. The Morgan fingerprint density at radius 3 is 2.57 bits per heavy atom. The van der Waals surface area contributed by atoms with Gasteiger partial charge in [-0.25, -0.2) is 13.1 Å². The van der Waals surface area contributed by atoms with E-state index in [0.29, 0.717) is 36.8 Å². The topological polar surface area (TPSA) is 77.1 Å². The predicted octanol–water partition coefficient (Wildman–Crippen LogP) is 2.26. The van der Waals surface area contributed by atoms with Crippen molar-refractivity contribution in [1.29, 1.82) is 0 Å². The summed E-state index contributed by atoms with van der Waals surface area (Å²) in [6.07, 6.45) is 0. The van der Waals surface area contributed by atoms with Crippen LogP contribution in [-0.2, 0) is 20.5 Å². The summed E-state index contributed by atoms with van der Waals surface area (Å²) in [6, 6.07) is 7.18. The number of benzene rings is 1. The number of methoxy groups -OCH3 is 2. The monoisotopic (exact) mass is 426 g/mol. The first-order valence-electron chi connectivity index (χ1n) is 9.04. The molecule has 1 aromatic carbocycles. The molecule has 0 aliphatic carbocycles. The minimum Gasteiger partial charge on any atom is -0.493 e. The number of morpholine rings is 1. The van der Waals surface area contributed by atoms with E-state index in [4.69, 9.17) is 14.2 Å².